The topological polar surface area (TPSA) is 85.4 Å². The Bertz CT molecular complexity index is 1180. The molecule has 0 unspecified atom stereocenters. The lowest BCUT2D eigenvalue weighted by atomic mass is 10.1. The highest BCUT2D eigenvalue weighted by Gasteiger charge is 2.36. The summed E-state index contributed by atoms with van der Waals surface area (Å²) in [5, 5.41) is 21.8. The Morgan fingerprint density at radius 2 is 1.13 bits per heavy atom. The number of benzene rings is 3. The molecule has 0 aliphatic carbocycles. The number of hydrogen-bond acceptors (Lipinski definition) is 6. The highest BCUT2D eigenvalue weighted by atomic mass is 16.2. The molecule has 0 bridgehead atoms. The lowest BCUT2D eigenvalue weighted by molar-refractivity contribution is 0.253. The molecule has 0 atom stereocenters. The molecule has 8 heteroatoms. The molecule has 0 spiro atoms. The van der Waals surface area contributed by atoms with Crippen LogP contribution in [0.2, 0.25) is 0 Å². The van der Waals surface area contributed by atoms with Crippen LogP contribution >= 0.6 is 0 Å². The smallest absolute Gasteiger partial charge is 0.274 e. The van der Waals surface area contributed by atoms with Crippen molar-refractivity contribution in [3.63, 3.8) is 0 Å². The molecule has 2 aliphatic rings. The minimum Gasteiger partial charge on any atom is -0.274 e. The SMILES string of the molecule is O=C1N=NC(=C2N(c3ccccc3)N=C(c3ccccc3)N2c2ccccc2)N=N1. The number of carbonyl (C=O) groups excluding carboxylic acids is 1. The number of hydrogen-bond donors (Lipinski definition) is 0. The molecule has 8 nitrogen and oxygen atoms in total. The van der Waals surface area contributed by atoms with Crippen molar-refractivity contribution in [2.75, 3.05) is 9.91 Å². The third-order valence-electron chi connectivity index (χ3n) is 4.53. The molecule has 3 aromatic carbocycles. The number of urea groups is 1. The predicted octanol–water partition coefficient (Wildman–Crippen LogP) is 5.54. The molecular weight excluding hydrogens is 378 g/mol. The van der Waals surface area contributed by atoms with Gasteiger partial charge in [-0.1, -0.05) is 77.0 Å². The molecule has 0 radical (unpaired) electrons. The van der Waals surface area contributed by atoms with Crippen molar-refractivity contribution in [1.82, 2.24) is 0 Å². The molecule has 0 aromatic heterocycles. The maximum atomic E-state index is 11.4. The van der Waals surface area contributed by atoms with Crippen LogP contribution in [0, 0.1) is 0 Å². The van der Waals surface area contributed by atoms with E-state index in [2.05, 4.69) is 20.5 Å². The van der Waals surface area contributed by atoms with Crippen molar-refractivity contribution in [2.24, 2.45) is 25.6 Å². The predicted molar refractivity (Wildman–Crippen MR) is 113 cm³/mol. The molecular formula is C22H15N7O. The standard InChI is InChI=1S/C22H15N7O/c30-22-25-23-19(24-26-22)21-28(17-12-6-2-7-13-17)20(16-10-4-1-5-11-16)27-29(21)18-14-8-3-9-15-18/h1-15H. The van der Waals surface area contributed by atoms with Gasteiger partial charge in [0.05, 0.1) is 5.69 Å². The average molecular weight is 393 g/mol. The highest BCUT2D eigenvalue weighted by molar-refractivity contribution is 6.15. The number of nitrogens with zero attached hydrogens (tertiary/aromatic N) is 7. The molecule has 2 heterocycles. The Kier molecular flexibility index (Phi) is 4.41. The largest absolute Gasteiger partial charge is 0.404 e. The van der Waals surface area contributed by atoms with Crippen LogP contribution < -0.4 is 9.91 Å². The first kappa shape index (κ1) is 17.6. The zero-order valence-corrected chi connectivity index (χ0v) is 15.7. The Balaban J connectivity index is 1.76. The van der Waals surface area contributed by atoms with E-state index in [1.54, 1.807) is 5.01 Å². The van der Waals surface area contributed by atoms with Crippen molar-refractivity contribution in [2.45, 2.75) is 0 Å². The first-order valence-corrected chi connectivity index (χ1v) is 9.27. The lowest BCUT2D eigenvalue weighted by Crippen LogP contribution is -2.30. The summed E-state index contributed by atoms with van der Waals surface area (Å²) in [5.74, 6) is 1.42. The maximum absolute atomic E-state index is 11.4. The molecule has 0 N–H and O–H groups in total. The highest BCUT2D eigenvalue weighted by Crippen LogP contribution is 2.36. The summed E-state index contributed by atoms with van der Waals surface area (Å²) in [6, 6.07) is 28.5. The first-order valence-electron chi connectivity index (χ1n) is 9.27. The van der Waals surface area contributed by atoms with Gasteiger partial charge in [0.15, 0.2) is 11.7 Å². The van der Waals surface area contributed by atoms with Crippen molar-refractivity contribution in [3.05, 3.63) is 108 Å². The van der Waals surface area contributed by atoms with Gasteiger partial charge < -0.3 is 0 Å². The Hall–Kier alpha value is -4.46. The summed E-state index contributed by atoms with van der Waals surface area (Å²) in [4.78, 5) is 13.3. The van der Waals surface area contributed by atoms with Crippen LogP contribution in [0.5, 0.6) is 0 Å². The number of amidine groups is 1. The first-order chi connectivity index (χ1) is 14.8. The fraction of sp³-hybridized carbons (Fsp3) is 0. The van der Waals surface area contributed by atoms with Gasteiger partial charge in [-0.25, -0.2) is 9.80 Å². The molecule has 3 aromatic rings. The van der Waals surface area contributed by atoms with E-state index in [4.69, 9.17) is 5.10 Å². The van der Waals surface area contributed by atoms with E-state index >= 15 is 0 Å². The minimum absolute atomic E-state index is 0.192. The van der Waals surface area contributed by atoms with Crippen LogP contribution in [-0.4, -0.2) is 11.9 Å². The van der Waals surface area contributed by atoms with Gasteiger partial charge in [-0.2, -0.15) is 0 Å². The van der Waals surface area contributed by atoms with Crippen LogP contribution in [0.4, 0.5) is 16.2 Å². The summed E-state index contributed by atoms with van der Waals surface area (Å²) in [7, 11) is 0. The van der Waals surface area contributed by atoms with Crippen LogP contribution in [0.25, 0.3) is 0 Å². The normalized spacial score (nSPS) is 15.7. The lowest BCUT2D eigenvalue weighted by Gasteiger charge is -2.25. The van der Waals surface area contributed by atoms with Crippen LogP contribution in [0.3, 0.4) is 0 Å². The molecule has 5 rings (SSSR count). The van der Waals surface area contributed by atoms with Crippen molar-refractivity contribution in [1.29, 1.82) is 0 Å². The number of rotatable bonds is 3. The van der Waals surface area contributed by atoms with E-state index in [0.29, 0.717) is 11.7 Å². The van der Waals surface area contributed by atoms with Crippen LogP contribution in [0.15, 0.2) is 128 Å². The third kappa shape index (κ3) is 3.16. The molecule has 144 valence electrons. The summed E-state index contributed by atoms with van der Waals surface area (Å²) in [6.07, 6.45) is 0. The summed E-state index contributed by atoms with van der Waals surface area (Å²) >= 11 is 0. The van der Waals surface area contributed by atoms with Gasteiger partial charge in [0.1, 0.15) is 0 Å². The Morgan fingerprint density at radius 1 is 0.600 bits per heavy atom. The van der Waals surface area contributed by atoms with Crippen LogP contribution in [-0.2, 0) is 0 Å². The summed E-state index contributed by atoms with van der Waals surface area (Å²) in [6.45, 7) is 0. The molecule has 2 aliphatic heterocycles. The fourth-order valence-corrected chi connectivity index (χ4v) is 3.23. The molecule has 2 amide bonds. The summed E-state index contributed by atoms with van der Waals surface area (Å²) in [5.41, 5.74) is 2.59. The van der Waals surface area contributed by atoms with E-state index in [0.717, 1.165) is 16.9 Å². The van der Waals surface area contributed by atoms with E-state index in [-0.39, 0.29) is 5.82 Å². The fourth-order valence-electron chi connectivity index (χ4n) is 3.23. The summed E-state index contributed by atoms with van der Waals surface area (Å²) < 4.78 is 0. The van der Waals surface area contributed by atoms with Gasteiger partial charge >= 0.3 is 6.03 Å². The van der Waals surface area contributed by atoms with Gasteiger partial charge in [-0.05, 0) is 24.3 Å². The zero-order valence-electron chi connectivity index (χ0n) is 15.7. The van der Waals surface area contributed by atoms with Crippen molar-refractivity contribution < 1.29 is 4.79 Å². The van der Waals surface area contributed by atoms with Gasteiger partial charge in [0.2, 0.25) is 5.82 Å². The monoisotopic (exact) mass is 393 g/mol. The average Bonchev–Trinajstić information content (AvgIpc) is 3.22. The number of para-hydroxylation sites is 2. The second-order valence-electron chi connectivity index (χ2n) is 6.44. The van der Waals surface area contributed by atoms with Crippen molar-refractivity contribution in [3.8, 4) is 0 Å². The second kappa shape index (κ2) is 7.51. The maximum Gasteiger partial charge on any atom is 0.404 e. The van der Waals surface area contributed by atoms with Gasteiger partial charge in [0, 0.05) is 11.3 Å². The third-order valence-corrected chi connectivity index (χ3v) is 4.53. The quantitative estimate of drug-likeness (QED) is 0.585. The Labute approximate surface area is 172 Å². The number of carbonyl (C=O) groups is 1. The zero-order chi connectivity index (χ0) is 20.3. The number of anilines is 2. The van der Waals surface area contributed by atoms with E-state index in [1.165, 1.54) is 0 Å². The number of hydrazone groups is 1. The number of amides is 2. The van der Waals surface area contributed by atoms with Crippen LogP contribution in [0.1, 0.15) is 5.56 Å². The molecule has 30 heavy (non-hydrogen) atoms. The molecule has 0 saturated carbocycles. The van der Waals surface area contributed by atoms with E-state index in [1.807, 2.05) is 95.9 Å². The van der Waals surface area contributed by atoms with Crippen molar-refractivity contribution >= 4 is 23.2 Å². The number of azo groups is 2. The Morgan fingerprint density at radius 3 is 1.73 bits per heavy atom. The van der Waals surface area contributed by atoms with E-state index in [9.17, 15) is 4.79 Å². The van der Waals surface area contributed by atoms with Gasteiger partial charge in [-0.3, -0.25) is 4.90 Å². The molecule has 0 fully saturated rings. The molecule has 0 saturated heterocycles. The van der Waals surface area contributed by atoms with Gasteiger partial charge in [-0.15, -0.1) is 15.3 Å². The minimum atomic E-state index is -0.737. The van der Waals surface area contributed by atoms with E-state index < -0.39 is 6.03 Å². The van der Waals surface area contributed by atoms with Gasteiger partial charge in [0.25, 0.3) is 0 Å². The second-order valence-corrected chi connectivity index (χ2v) is 6.44.